The quantitative estimate of drug-likeness (QED) is 0.871. The number of amides is 1. The number of anilines is 1. The summed E-state index contributed by atoms with van der Waals surface area (Å²) in [4.78, 5) is 13.6. The van der Waals surface area contributed by atoms with Gasteiger partial charge in [-0.05, 0) is 48.9 Å². The molecule has 1 aliphatic rings. The van der Waals surface area contributed by atoms with Crippen molar-refractivity contribution in [3.05, 3.63) is 50.9 Å². The van der Waals surface area contributed by atoms with Crippen LogP contribution >= 0.6 is 22.9 Å². The summed E-state index contributed by atoms with van der Waals surface area (Å²) >= 11 is 7.45. The van der Waals surface area contributed by atoms with Crippen molar-refractivity contribution in [3.63, 3.8) is 0 Å². The van der Waals surface area contributed by atoms with Crippen LogP contribution < -0.4 is 5.32 Å². The van der Waals surface area contributed by atoms with Crippen LogP contribution in [-0.2, 0) is 12.8 Å². The molecule has 1 unspecified atom stereocenters. The van der Waals surface area contributed by atoms with Gasteiger partial charge in [0.25, 0.3) is 5.91 Å². The van der Waals surface area contributed by atoms with Crippen LogP contribution in [0.2, 0.25) is 5.02 Å². The van der Waals surface area contributed by atoms with E-state index in [2.05, 4.69) is 18.3 Å². The Bertz CT molecular complexity index is 775. The minimum absolute atomic E-state index is 0.231. The zero-order valence-corrected chi connectivity index (χ0v) is 13.7. The van der Waals surface area contributed by atoms with E-state index >= 15 is 0 Å². The Morgan fingerprint density at radius 3 is 3.05 bits per heavy atom. The Morgan fingerprint density at radius 1 is 1.50 bits per heavy atom. The summed E-state index contributed by atoms with van der Waals surface area (Å²) in [7, 11) is 0. The number of aryl methyl sites for hydroxylation is 1. The maximum absolute atomic E-state index is 12.3. The molecule has 1 aromatic carbocycles. The van der Waals surface area contributed by atoms with Crippen LogP contribution in [0.15, 0.2) is 24.3 Å². The molecule has 1 heterocycles. The molecule has 3 rings (SSSR count). The smallest absolute Gasteiger partial charge is 0.256 e. The molecule has 0 radical (unpaired) electrons. The highest BCUT2D eigenvalue weighted by atomic mass is 35.5. The predicted octanol–water partition coefficient (Wildman–Crippen LogP) is 4.65. The molecule has 1 aliphatic carbocycles. The summed E-state index contributed by atoms with van der Waals surface area (Å²) in [5, 5.41) is 13.5. The molecule has 22 heavy (non-hydrogen) atoms. The first-order chi connectivity index (χ1) is 10.6. The molecule has 2 aromatic rings. The van der Waals surface area contributed by atoms with Gasteiger partial charge in [-0.1, -0.05) is 24.6 Å². The monoisotopic (exact) mass is 330 g/mol. The van der Waals surface area contributed by atoms with E-state index in [1.165, 1.54) is 16.2 Å². The molecule has 0 aliphatic heterocycles. The third kappa shape index (κ3) is 2.87. The molecular formula is C17H15ClN2OS. The van der Waals surface area contributed by atoms with Crippen LogP contribution in [0.1, 0.15) is 39.7 Å². The lowest BCUT2D eigenvalue weighted by atomic mass is 9.88. The van der Waals surface area contributed by atoms with Crippen molar-refractivity contribution >= 4 is 33.8 Å². The van der Waals surface area contributed by atoms with Crippen LogP contribution in [0.25, 0.3) is 0 Å². The average molecular weight is 331 g/mol. The van der Waals surface area contributed by atoms with Crippen molar-refractivity contribution in [2.24, 2.45) is 5.92 Å². The van der Waals surface area contributed by atoms with Crippen molar-refractivity contribution in [2.75, 3.05) is 5.32 Å². The fraction of sp³-hybridized carbons (Fsp3) is 0.294. The van der Waals surface area contributed by atoms with Crippen LogP contribution in [0.3, 0.4) is 0 Å². The maximum Gasteiger partial charge on any atom is 0.256 e. The van der Waals surface area contributed by atoms with E-state index in [4.69, 9.17) is 11.6 Å². The SMILES string of the molecule is CC1CCc2sc(NC(=O)c3cccc(Cl)c3)c(C#N)c2C1. The topological polar surface area (TPSA) is 52.9 Å². The van der Waals surface area contributed by atoms with E-state index in [-0.39, 0.29) is 5.91 Å². The van der Waals surface area contributed by atoms with Gasteiger partial charge in [0.1, 0.15) is 11.1 Å². The lowest BCUT2D eigenvalue weighted by Gasteiger charge is -2.17. The maximum atomic E-state index is 12.3. The van der Waals surface area contributed by atoms with Crippen molar-refractivity contribution in [2.45, 2.75) is 26.2 Å². The highest BCUT2D eigenvalue weighted by molar-refractivity contribution is 7.16. The van der Waals surface area contributed by atoms with Gasteiger partial charge >= 0.3 is 0 Å². The van der Waals surface area contributed by atoms with Gasteiger partial charge in [0.2, 0.25) is 0 Å². The van der Waals surface area contributed by atoms with Gasteiger partial charge in [-0.15, -0.1) is 11.3 Å². The van der Waals surface area contributed by atoms with Crippen LogP contribution in [-0.4, -0.2) is 5.91 Å². The van der Waals surface area contributed by atoms with Crippen molar-refractivity contribution in [1.82, 2.24) is 0 Å². The minimum Gasteiger partial charge on any atom is -0.312 e. The largest absolute Gasteiger partial charge is 0.312 e. The second-order valence-electron chi connectivity index (χ2n) is 5.63. The van der Waals surface area contributed by atoms with E-state index in [0.717, 1.165) is 24.8 Å². The van der Waals surface area contributed by atoms with E-state index in [1.807, 2.05) is 0 Å². The fourth-order valence-corrected chi connectivity index (χ4v) is 4.15. The van der Waals surface area contributed by atoms with Crippen molar-refractivity contribution in [1.29, 1.82) is 5.26 Å². The molecule has 0 bridgehead atoms. The Morgan fingerprint density at radius 2 is 2.32 bits per heavy atom. The summed E-state index contributed by atoms with van der Waals surface area (Å²) in [5.74, 6) is 0.358. The Kier molecular flexibility index (Phi) is 4.19. The fourth-order valence-electron chi connectivity index (χ4n) is 2.77. The molecule has 1 atom stereocenters. The molecule has 0 saturated carbocycles. The molecule has 0 spiro atoms. The number of hydrogen-bond donors (Lipinski definition) is 1. The predicted molar refractivity (Wildman–Crippen MR) is 89.6 cm³/mol. The van der Waals surface area contributed by atoms with Crippen LogP contribution in [0.4, 0.5) is 5.00 Å². The van der Waals surface area contributed by atoms with Crippen LogP contribution in [0, 0.1) is 17.2 Å². The molecular weight excluding hydrogens is 316 g/mol. The standard InChI is InChI=1S/C17H15ClN2OS/c1-10-5-6-15-13(7-10)14(9-19)17(22-15)20-16(21)11-3-2-4-12(18)8-11/h2-4,8,10H,5-7H2,1H3,(H,20,21). The zero-order valence-electron chi connectivity index (χ0n) is 12.1. The first-order valence-electron chi connectivity index (χ1n) is 7.20. The second-order valence-corrected chi connectivity index (χ2v) is 7.17. The summed E-state index contributed by atoms with van der Waals surface area (Å²) in [6.07, 6.45) is 3.05. The number of benzene rings is 1. The van der Waals surface area contributed by atoms with E-state index in [0.29, 0.717) is 27.1 Å². The third-order valence-corrected chi connectivity index (χ3v) is 5.38. The molecule has 1 amide bonds. The Hall–Kier alpha value is -1.83. The zero-order chi connectivity index (χ0) is 15.7. The molecule has 0 fully saturated rings. The number of nitrogens with one attached hydrogen (secondary N) is 1. The number of halogens is 1. The first-order valence-corrected chi connectivity index (χ1v) is 8.39. The molecule has 1 aromatic heterocycles. The lowest BCUT2D eigenvalue weighted by Crippen LogP contribution is -2.12. The Balaban J connectivity index is 1.90. The normalized spacial score (nSPS) is 16.7. The van der Waals surface area contributed by atoms with Gasteiger partial charge in [-0.2, -0.15) is 5.26 Å². The molecule has 1 N–H and O–H groups in total. The number of nitriles is 1. The van der Waals surface area contributed by atoms with Crippen LogP contribution in [0.5, 0.6) is 0 Å². The molecule has 0 saturated heterocycles. The van der Waals surface area contributed by atoms with Gasteiger partial charge in [-0.3, -0.25) is 4.79 Å². The van der Waals surface area contributed by atoms with Gasteiger partial charge in [-0.25, -0.2) is 0 Å². The van der Waals surface area contributed by atoms with E-state index in [9.17, 15) is 10.1 Å². The average Bonchev–Trinajstić information content (AvgIpc) is 2.83. The molecule has 112 valence electrons. The summed E-state index contributed by atoms with van der Waals surface area (Å²) in [6.45, 7) is 2.20. The first kappa shape index (κ1) is 15.1. The summed E-state index contributed by atoms with van der Waals surface area (Å²) in [5.41, 5.74) is 2.24. The lowest BCUT2D eigenvalue weighted by molar-refractivity contribution is 0.102. The Labute approximate surface area is 138 Å². The number of hydrogen-bond acceptors (Lipinski definition) is 3. The van der Waals surface area contributed by atoms with Gasteiger partial charge in [0, 0.05) is 15.5 Å². The highest BCUT2D eigenvalue weighted by Crippen LogP contribution is 2.39. The number of fused-ring (bicyclic) bond motifs is 1. The van der Waals surface area contributed by atoms with Gasteiger partial charge < -0.3 is 5.32 Å². The third-order valence-electron chi connectivity index (χ3n) is 3.93. The van der Waals surface area contributed by atoms with Gasteiger partial charge in [0.15, 0.2) is 0 Å². The molecule has 3 nitrogen and oxygen atoms in total. The van der Waals surface area contributed by atoms with E-state index in [1.54, 1.807) is 24.3 Å². The molecule has 5 heteroatoms. The number of carbonyl (C=O) groups excluding carboxylic acids is 1. The van der Waals surface area contributed by atoms with Gasteiger partial charge in [0.05, 0.1) is 5.56 Å². The number of nitrogens with zero attached hydrogens (tertiary/aromatic N) is 1. The number of thiophene rings is 1. The number of rotatable bonds is 2. The summed E-state index contributed by atoms with van der Waals surface area (Å²) < 4.78 is 0. The number of carbonyl (C=O) groups is 1. The van der Waals surface area contributed by atoms with Crippen molar-refractivity contribution < 1.29 is 4.79 Å². The minimum atomic E-state index is -0.231. The second kappa shape index (κ2) is 6.12. The van der Waals surface area contributed by atoms with E-state index < -0.39 is 0 Å². The highest BCUT2D eigenvalue weighted by Gasteiger charge is 2.24. The van der Waals surface area contributed by atoms with Crippen molar-refractivity contribution in [3.8, 4) is 6.07 Å². The summed E-state index contributed by atoms with van der Waals surface area (Å²) in [6, 6.07) is 9.06.